The molecular weight excluding hydrogens is 596 g/mol. The van der Waals surface area contributed by atoms with E-state index in [1.165, 1.54) is 30.3 Å². The van der Waals surface area contributed by atoms with Crippen LogP contribution < -0.4 is 0 Å². The molecule has 0 aliphatic carbocycles. The Labute approximate surface area is 245 Å². The number of phenols is 4. The number of phenolic OH excluding ortho intramolecular Hbond substituents is 4. The molecule has 12 heteroatoms. The van der Waals surface area contributed by atoms with E-state index in [0.29, 0.717) is 16.7 Å². The minimum Gasteiger partial charge on any atom is -0.505 e. The van der Waals surface area contributed by atoms with Crippen LogP contribution in [0.5, 0.6) is 23.0 Å². The highest BCUT2D eigenvalue weighted by atomic mass is 35.5. The van der Waals surface area contributed by atoms with Crippen LogP contribution in [0.2, 0.25) is 10.0 Å². The van der Waals surface area contributed by atoms with Gasteiger partial charge in [-0.2, -0.15) is 4.31 Å². The van der Waals surface area contributed by atoms with Crippen LogP contribution >= 0.6 is 23.2 Å². The number of ketones is 1. The zero-order valence-electron chi connectivity index (χ0n) is 21.3. The highest BCUT2D eigenvalue weighted by molar-refractivity contribution is 7.89. The van der Waals surface area contributed by atoms with Gasteiger partial charge >= 0.3 is 0 Å². The summed E-state index contributed by atoms with van der Waals surface area (Å²) in [6.45, 7) is -0.312. The molecule has 0 saturated carbocycles. The highest BCUT2D eigenvalue weighted by Gasteiger charge is 2.29. The Morgan fingerprint density at radius 1 is 0.780 bits per heavy atom. The van der Waals surface area contributed by atoms with Crippen LogP contribution in [-0.4, -0.2) is 38.9 Å². The van der Waals surface area contributed by atoms with Crippen LogP contribution in [0.3, 0.4) is 0 Å². The van der Waals surface area contributed by atoms with Gasteiger partial charge < -0.3 is 20.4 Å². The Kier molecular flexibility index (Phi) is 9.08. The molecule has 4 rings (SSSR count). The first-order chi connectivity index (χ1) is 19.3. The summed E-state index contributed by atoms with van der Waals surface area (Å²) in [5.74, 6) is -3.49. The largest absolute Gasteiger partial charge is 0.505 e. The molecule has 0 radical (unpaired) electrons. The lowest BCUT2D eigenvalue weighted by Gasteiger charge is -2.24. The Morgan fingerprint density at radius 2 is 1.39 bits per heavy atom. The second kappa shape index (κ2) is 12.4. The molecule has 0 aromatic heterocycles. The molecule has 0 aliphatic rings. The van der Waals surface area contributed by atoms with Crippen molar-refractivity contribution in [3.63, 3.8) is 0 Å². The van der Waals surface area contributed by atoms with E-state index < -0.39 is 49.5 Å². The summed E-state index contributed by atoms with van der Waals surface area (Å²) in [6, 6.07) is 16.6. The second-order valence-corrected chi connectivity index (χ2v) is 12.0. The van der Waals surface area contributed by atoms with Gasteiger partial charge in [0.1, 0.15) is 10.7 Å². The van der Waals surface area contributed by atoms with E-state index in [9.17, 15) is 38.0 Å². The molecule has 0 fully saturated rings. The van der Waals surface area contributed by atoms with Crippen LogP contribution in [0.1, 0.15) is 33.5 Å². The number of nitrogens with zero attached hydrogens (tertiary/aromatic N) is 1. The molecular formula is C29H24Cl2FNO7S. The summed E-state index contributed by atoms with van der Waals surface area (Å²) >= 11 is 12.0. The molecule has 41 heavy (non-hydrogen) atoms. The number of rotatable bonds is 10. The first-order valence-electron chi connectivity index (χ1n) is 12.1. The van der Waals surface area contributed by atoms with Gasteiger partial charge in [-0.05, 0) is 59.5 Å². The maximum atomic E-state index is 13.7. The number of aryl methyl sites for hydroxylation is 1. The number of halogens is 3. The van der Waals surface area contributed by atoms with Crippen molar-refractivity contribution >= 4 is 39.0 Å². The van der Waals surface area contributed by atoms with Crippen molar-refractivity contribution in [1.29, 1.82) is 0 Å². The lowest BCUT2D eigenvalue weighted by Crippen LogP contribution is -2.30. The molecule has 8 nitrogen and oxygen atoms in total. The number of carbonyl (C=O) groups excluding carboxylic acids is 1. The summed E-state index contributed by atoms with van der Waals surface area (Å²) in [4.78, 5) is 12.1. The molecule has 0 aliphatic heterocycles. The van der Waals surface area contributed by atoms with E-state index in [1.807, 2.05) is 0 Å². The number of sulfonamides is 1. The van der Waals surface area contributed by atoms with Crippen LogP contribution in [0, 0.1) is 5.82 Å². The molecule has 0 heterocycles. The number of hydrogen-bond acceptors (Lipinski definition) is 7. The maximum absolute atomic E-state index is 13.7. The number of aromatic hydroxyl groups is 4. The van der Waals surface area contributed by atoms with E-state index in [2.05, 4.69) is 0 Å². The molecule has 4 aromatic carbocycles. The molecule has 0 unspecified atom stereocenters. The van der Waals surface area contributed by atoms with Crippen molar-refractivity contribution in [2.75, 3.05) is 0 Å². The topological polar surface area (TPSA) is 135 Å². The van der Waals surface area contributed by atoms with Crippen molar-refractivity contribution in [2.24, 2.45) is 0 Å². The van der Waals surface area contributed by atoms with E-state index in [-0.39, 0.29) is 41.5 Å². The third kappa shape index (κ3) is 7.09. The van der Waals surface area contributed by atoms with Gasteiger partial charge in [0.25, 0.3) is 0 Å². The van der Waals surface area contributed by atoms with E-state index in [4.69, 9.17) is 23.2 Å². The minimum absolute atomic E-state index is 0.000410. The Balaban J connectivity index is 1.60. The first-order valence-corrected chi connectivity index (χ1v) is 14.3. The zero-order chi connectivity index (χ0) is 29.9. The lowest BCUT2D eigenvalue weighted by atomic mass is 10.0. The van der Waals surface area contributed by atoms with E-state index in [0.717, 1.165) is 22.5 Å². The smallest absolute Gasteiger partial charge is 0.247 e. The van der Waals surface area contributed by atoms with Crippen molar-refractivity contribution < 1.29 is 38.0 Å². The predicted octanol–water partition coefficient (Wildman–Crippen LogP) is 6.16. The van der Waals surface area contributed by atoms with Gasteiger partial charge in [0.05, 0.1) is 5.02 Å². The highest BCUT2D eigenvalue weighted by Crippen LogP contribution is 2.37. The van der Waals surface area contributed by atoms with E-state index >= 15 is 0 Å². The zero-order valence-corrected chi connectivity index (χ0v) is 23.6. The molecule has 0 atom stereocenters. The Morgan fingerprint density at radius 3 is 2.05 bits per heavy atom. The second-order valence-electron chi connectivity index (χ2n) is 9.24. The van der Waals surface area contributed by atoms with Gasteiger partial charge in [0, 0.05) is 30.1 Å². The number of benzene rings is 4. The predicted molar refractivity (Wildman–Crippen MR) is 151 cm³/mol. The SMILES string of the molecule is O=C(CCc1cccc(CN(Cc2ccc(F)cc2)S(=O)(=O)c2cc(Cl)cc(Cl)c2O)c1)c1cc(O)c(O)c(O)c1. The lowest BCUT2D eigenvalue weighted by molar-refractivity contribution is 0.0982. The van der Waals surface area contributed by atoms with Crippen LogP contribution in [0.15, 0.2) is 77.7 Å². The summed E-state index contributed by atoms with van der Waals surface area (Å²) in [5, 5.41) is 39.1. The van der Waals surface area contributed by atoms with Crippen LogP contribution in [0.25, 0.3) is 0 Å². The third-order valence-electron chi connectivity index (χ3n) is 6.27. The molecule has 214 valence electrons. The number of Topliss-reactive ketones (excluding diaryl/α,β-unsaturated/α-hetero) is 1. The van der Waals surface area contributed by atoms with Crippen LogP contribution in [0.4, 0.5) is 4.39 Å². The van der Waals surface area contributed by atoms with Gasteiger partial charge in [-0.3, -0.25) is 4.79 Å². The van der Waals surface area contributed by atoms with Crippen molar-refractivity contribution in [3.05, 3.63) is 111 Å². The van der Waals surface area contributed by atoms with Crippen molar-refractivity contribution in [2.45, 2.75) is 30.8 Å². The minimum atomic E-state index is -4.37. The van der Waals surface area contributed by atoms with Crippen LogP contribution in [-0.2, 0) is 29.5 Å². The van der Waals surface area contributed by atoms with Gasteiger partial charge in [-0.1, -0.05) is 59.6 Å². The number of carbonyl (C=O) groups is 1. The normalized spacial score (nSPS) is 11.6. The summed E-state index contributed by atoms with van der Waals surface area (Å²) < 4.78 is 42.1. The molecule has 4 aromatic rings. The van der Waals surface area contributed by atoms with Crippen molar-refractivity contribution in [1.82, 2.24) is 4.31 Å². The first kappa shape index (κ1) is 30.1. The molecule has 4 N–H and O–H groups in total. The van der Waals surface area contributed by atoms with Crippen molar-refractivity contribution in [3.8, 4) is 23.0 Å². The third-order valence-corrected chi connectivity index (χ3v) is 8.58. The molecule has 0 bridgehead atoms. The Bertz CT molecular complexity index is 1690. The molecule has 0 amide bonds. The molecule has 0 spiro atoms. The fraction of sp³-hybridized carbons (Fsp3) is 0.138. The number of hydrogen-bond donors (Lipinski definition) is 4. The average molecular weight is 620 g/mol. The van der Waals surface area contributed by atoms with Gasteiger partial charge in [0.15, 0.2) is 28.8 Å². The Hall–Kier alpha value is -3.83. The molecule has 0 saturated heterocycles. The fourth-order valence-electron chi connectivity index (χ4n) is 4.15. The monoisotopic (exact) mass is 619 g/mol. The average Bonchev–Trinajstić information content (AvgIpc) is 2.93. The fourth-order valence-corrected chi connectivity index (χ4v) is 6.31. The van der Waals surface area contributed by atoms with Gasteiger partial charge in [-0.25, -0.2) is 12.8 Å². The maximum Gasteiger partial charge on any atom is 0.247 e. The summed E-state index contributed by atoms with van der Waals surface area (Å²) in [7, 11) is -4.37. The summed E-state index contributed by atoms with van der Waals surface area (Å²) in [5.41, 5.74) is 1.78. The quantitative estimate of drug-likeness (QED) is 0.123. The van der Waals surface area contributed by atoms with Gasteiger partial charge in [0.2, 0.25) is 10.0 Å². The standard InChI is InChI=1S/C29H24Cl2FNO7S/c30-21-13-23(31)28(37)27(14-21)41(39,40)33(15-18-4-7-22(32)8-5-18)16-19-3-1-2-17(10-19)6-9-24(34)20-11-25(35)29(38)26(36)12-20/h1-5,7-8,10-14,35-38H,6,9,15-16H2. The van der Waals surface area contributed by atoms with E-state index in [1.54, 1.807) is 24.3 Å². The summed E-state index contributed by atoms with van der Waals surface area (Å²) in [6.07, 6.45) is 0.254. The van der Waals surface area contributed by atoms with Gasteiger partial charge in [-0.15, -0.1) is 0 Å².